The van der Waals surface area contributed by atoms with Crippen LogP contribution in [-0.2, 0) is 0 Å². The van der Waals surface area contributed by atoms with Crippen LogP contribution in [0, 0.1) is 5.92 Å². The van der Waals surface area contributed by atoms with Crippen molar-refractivity contribution in [3.8, 4) is 5.75 Å². The third-order valence-corrected chi connectivity index (χ3v) is 4.02. The molecule has 1 saturated carbocycles. The van der Waals surface area contributed by atoms with Gasteiger partial charge >= 0.3 is 12.5 Å². The quantitative estimate of drug-likeness (QED) is 0.759. The SMILES string of the molecule is Cl.N[C@@H](c1ccc(OC(F)(F)C(F)F)cc1)[C@H](O)C1CCCC1. The molecule has 3 N–H and O–H groups in total. The summed E-state index contributed by atoms with van der Waals surface area (Å²) in [5.41, 5.74) is 6.53. The number of alkyl halides is 4. The van der Waals surface area contributed by atoms with Crippen LogP contribution in [0.25, 0.3) is 0 Å². The Morgan fingerprint density at radius 3 is 2.13 bits per heavy atom. The molecule has 1 aliphatic rings. The highest BCUT2D eigenvalue weighted by atomic mass is 35.5. The van der Waals surface area contributed by atoms with Gasteiger partial charge in [-0.3, -0.25) is 0 Å². The molecule has 0 aromatic heterocycles. The molecule has 0 heterocycles. The molecule has 1 fully saturated rings. The van der Waals surface area contributed by atoms with Crippen LogP contribution in [0.5, 0.6) is 5.75 Å². The van der Waals surface area contributed by atoms with Crippen molar-refractivity contribution in [1.82, 2.24) is 0 Å². The van der Waals surface area contributed by atoms with Gasteiger partial charge in [-0.1, -0.05) is 25.0 Å². The molecule has 2 atom stereocenters. The molecule has 8 heteroatoms. The number of hydrogen-bond acceptors (Lipinski definition) is 3. The Kier molecular flexibility index (Phi) is 7.10. The van der Waals surface area contributed by atoms with Crippen LogP contribution in [-0.4, -0.2) is 23.7 Å². The predicted molar refractivity (Wildman–Crippen MR) is 80.2 cm³/mol. The van der Waals surface area contributed by atoms with E-state index in [9.17, 15) is 22.7 Å². The smallest absolute Gasteiger partial charge is 0.428 e. The monoisotopic (exact) mass is 357 g/mol. The summed E-state index contributed by atoms with van der Waals surface area (Å²) in [4.78, 5) is 0. The summed E-state index contributed by atoms with van der Waals surface area (Å²) >= 11 is 0. The molecule has 3 nitrogen and oxygen atoms in total. The molecule has 1 aromatic rings. The highest BCUT2D eigenvalue weighted by Gasteiger charge is 2.44. The number of halogens is 5. The molecule has 0 bridgehead atoms. The number of hydrogen-bond donors (Lipinski definition) is 2. The average molecular weight is 358 g/mol. The molecule has 2 rings (SSSR count). The lowest BCUT2D eigenvalue weighted by Crippen LogP contribution is -2.33. The van der Waals surface area contributed by atoms with Crippen molar-refractivity contribution in [2.45, 2.75) is 50.4 Å². The first-order valence-electron chi connectivity index (χ1n) is 7.20. The van der Waals surface area contributed by atoms with E-state index in [0.29, 0.717) is 5.56 Å². The van der Waals surface area contributed by atoms with E-state index in [-0.39, 0.29) is 24.1 Å². The second kappa shape index (κ2) is 8.17. The number of aliphatic hydroxyl groups excluding tert-OH is 1. The van der Waals surface area contributed by atoms with Gasteiger partial charge in [-0.25, -0.2) is 0 Å². The standard InChI is InChI=1S/C15H19F4NO2.ClH/c16-14(17)15(18,19)22-11-7-5-9(6-8-11)12(20)13(21)10-3-1-2-4-10;/h5-8,10,12-14,21H,1-4,20H2;1H/t12-,13+;/m0./s1. The Bertz CT molecular complexity index is 481. The van der Waals surface area contributed by atoms with E-state index < -0.39 is 24.7 Å². The van der Waals surface area contributed by atoms with Gasteiger partial charge in [0, 0.05) is 0 Å². The number of aliphatic hydroxyl groups is 1. The van der Waals surface area contributed by atoms with Crippen molar-refractivity contribution in [3.05, 3.63) is 29.8 Å². The zero-order valence-corrected chi connectivity index (χ0v) is 13.1. The first kappa shape index (κ1) is 20.0. The minimum absolute atomic E-state index is 0. The molecular weight excluding hydrogens is 338 g/mol. The minimum atomic E-state index is -4.53. The van der Waals surface area contributed by atoms with E-state index in [1.165, 1.54) is 12.1 Å². The topological polar surface area (TPSA) is 55.5 Å². The summed E-state index contributed by atoms with van der Waals surface area (Å²) in [7, 11) is 0. The van der Waals surface area contributed by atoms with Gasteiger partial charge in [0.05, 0.1) is 12.1 Å². The third kappa shape index (κ3) is 4.96. The van der Waals surface area contributed by atoms with E-state index in [2.05, 4.69) is 4.74 Å². The normalized spacial score (nSPS) is 18.6. The highest BCUT2D eigenvalue weighted by molar-refractivity contribution is 5.85. The maximum Gasteiger partial charge on any atom is 0.461 e. The molecule has 0 amide bonds. The summed E-state index contributed by atoms with van der Waals surface area (Å²) < 4.78 is 53.7. The van der Waals surface area contributed by atoms with Crippen LogP contribution in [0.2, 0.25) is 0 Å². The van der Waals surface area contributed by atoms with E-state index >= 15 is 0 Å². The van der Waals surface area contributed by atoms with Crippen LogP contribution in [0.4, 0.5) is 17.6 Å². The molecule has 0 unspecified atom stereocenters. The highest BCUT2D eigenvalue weighted by Crippen LogP contribution is 2.33. The van der Waals surface area contributed by atoms with Gasteiger partial charge < -0.3 is 15.6 Å². The summed E-state index contributed by atoms with van der Waals surface area (Å²) in [6.07, 6.45) is -5.20. The largest absolute Gasteiger partial charge is 0.461 e. The zero-order valence-electron chi connectivity index (χ0n) is 12.3. The molecule has 0 aliphatic heterocycles. The molecule has 0 radical (unpaired) electrons. The first-order chi connectivity index (χ1) is 10.3. The molecule has 0 saturated heterocycles. The Labute approximate surface area is 138 Å². The van der Waals surface area contributed by atoms with E-state index in [4.69, 9.17) is 5.73 Å². The second-order valence-electron chi connectivity index (χ2n) is 5.59. The van der Waals surface area contributed by atoms with Crippen molar-refractivity contribution in [3.63, 3.8) is 0 Å². The van der Waals surface area contributed by atoms with Gasteiger partial charge in [-0.15, -0.1) is 12.4 Å². The Balaban J connectivity index is 0.00000264. The Morgan fingerprint density at radius 2 is 1.65 bits per heavy atom. The number of nitrogens with two attached hydrogens (primary N) is 1. The maximum atomic E-state index is 12.8. The number of benzene rings is 1. The van der Waals surface area contributed by atoms with E-state index in [1.54, 1.807) is 0 Å². The summed E-state index contributed by atoms with van der Waals surface area (Å²) in [6, 6.07) is 4.45. The van der Waals surface area contributed by atoms with Crippen molar-refractivity contribution < 1.29 is 27.4 Å². The maximum absolute atomic E-state index is 12.8. The molecular formula is C15H20ClF4NO2. The van der Waals surface area contributed by atoms with Crippen LogP contribution in [0.15, 0.2) is 24.3 Å². The summed E-state index contributed by atoms with van der Waals surface area (Å²) in [5.74, 6) is -0.245. The molecule has 1 aromatic carbocycles. The van der Waals surface area contributed by atoms with Crippen LogP contribution in [0.1, 0.15) is 37.3 Å². The van der Waals surface area contributed by atoms with Crippen LogP contribution in [0.3, 0.4) is 0 Å². The van der Waals surface area contributed by atoms with Gasteiger partial charge in [-0.05, 0) is 36.5 Å². The van der Waals surface area contributed by atoms with Gasteiger partial charge in [0.15, 0.2) is 0 Å². The van der Waals surface area contributed by atoms with E-state index in [1.807, 2.05) is 0 Å². The van der Waals surface area contributed by atoms with Crippen LogP contribution >= 0.6 is 12.4 Å². The van der Waals surface area contributed by atoms with Gasteiger partial charge in [-0.2, -0.15) is 17.6 Å². The average Bonchev–Trinajstić information content (AvgIpc) is 3.00. The summed E-state index contributed by atoms with van der Waals surface area (Å²) in [6.45, 7) is 0. The fraction of sp³-hybridized carbons (Fsp3) is 0.600. The third-order valence-electron chi connectivity index (χ3n) is 4.02. The predicted octanol–water partition coefficient (Wildman–Crippen LogP) is 3.90. The lowest BCUT2D eigenvalue weighted by molar-refractivity contribution is -0.253. The lowest BCUT2D eigenvalue weighted by Gasteiger charge is -2.25. The Hall–Kier alpha value is -1.05. The second-order valence-corrected chi connectivity index (χ2v) is 5.59. The summed E-state index contributed by atoms with van der Waals surface area (Å²) in [5, 5.41) is 10.2. The molecule has 0 spiro atoms. The van der Waals surface area contributed by atoms with Crippen molar-refractivity contribution in [1.29, 1.82) is 0 Å². The van der Waals surface area contributed by atoms with Gasteiger partial charge in [0.2, 0.25) is 0 Å². The van der Waals surface area contributed by atoms with E-state index in [0.717, 1.165) is 37.8 Å². The number of ether oxygens (including phenoxy) is 1. The fourth-order valence-corrected chi connectivity index (χ4v) is 2.75. The zero-order chi connectivity index (χ0) is 16.3. The molecule has 23 heavy (non-hydrogen) atoms. The number of rotatable bonds is 6. The lowest BCUT2D eigenvalue weighted by atomic mass is 9.91. The molecule has 132 valence electrons. The van der Waals surface area contributed by atoms with Crippen molar-refractivity contribution in [2.24, 2.45) is 11.7 Å². The van der Waals surface area contributed by atoms with Gasteiger partial charge in [0.1, 0.15) is 5.75 Å². The fourth-order valence-electron chi connectivity index (χ4n) is 2.75. The van der Waals surface area contributed by atoms with Crippen molar-refractivity contribution >= 4 is 12.4 Å². The van der Waals surface area contributed by atoms with Crippen molar-refractivity contribution in [2.75, 3.05) is 0 Å². The minimum Gasteiger partial charge on any atom is -0.428 e. The Morgan fingerprint density at radius 1 is 1.13 bits per heavy atom. The van der Waals surface area contributed by atoms with Gasteiger partial charge in [0.25, 0.3) is 0 Å². The van der Waals surface area contributed by atoms with Crippen LogP contribution < -0.4 is 10.5 Å². The first-order valence-corrected chi connectivity index (χ1v) is 7.20. The molecule has 1 aliphatic carbocycles.